The van der Waals surface area contributed by atoms with E-state index in [-0.39, 0.29) is 0 Å². The van der Waals surface area contributed by atoms with E-state index >= 15 is 0 Å². The molecule has 0 radical (unpaired) electrons. The van der Waals surface area contributed by atoms with Gasteiger partial charge in [-0.05, 0) is 24.6 Å². The Bertz CT molecular complexity index is 488. The lowest BCUT2D eigenvalue weighted by atomic mass is 10.2. The summed E-state index contributed by atoms with van der Waals surface area (Å²) in [5, 5.41) is 4.16. The van der Waals surface area contributed by atoms with E-state index < -0.39 is 0 Å². The van der Waals surface area contributed by atoms with Crippen LogP contribution in [0.1, 0.15) is 11.1 Å². The van der Waals surface area contributed by atoms with Crippen molar-refractivity contribution in [3.8, 4) is 0 Å². The molecular formula is C13H19N5. The van der Waals surface area contributed by atoms with E-state index in [4.69, 9.17) is 5.73 Å². The predicted molar refractivity (Wildman–Crippen MR) is 72.3 cm³/mol. The molecule has 18 heavy (non-hydrogen) atoms. The van der Waals surface area contributed by atoms with Crippen molar-refractivity contribution in [3.05, 3.63) is 41.9 Å². The Labute approximate surface area is 107 Å². The Morgan fingerprint density at radius 3 is 2.67 bits per heavy atom. The van der Waals surface area contributed by atoms with Gasteiger partial charge in [0.25, 0.3) is 0 Å². The second-order valence-electron chi connectivity index (χ2n) is 4.44. The second kappa shape index (κ2) is 5.64. The van der Waals surface area contributed by atoms with Crippen LogP contribution >= 0.6 is 0 Å². The summed E-state index contributed by atoms with van der Waals surface area (Å²) in [5.41, 5.74) is 7.87. The number of pyridine rings is 1. The van der Waals surface area contributed by atoms with Crippen LogP contribution in [0.4, 0.5) is 5.82 Å². The van der Waals surface area contributed by atoms with Crippen molar-refractivity contribution in [3.63, 3.8) is 0 Å². The molecule has 5 heteroatoms. The van der Waals surface area contributed by atoms with Gasteiger partial charge < -0.3 is 10.6 Å². The highest BCUT2D eigenvalue weighted by molar-refractivity contribution is 5.39. The topological polar surface area (TPSA) is 60.0 Å². The third-order valence-electron chi connectivity index (χ3n) is 2.81. The average molecular weight is 245 g/mol. The van der Waals surface area contributed by atoms with Crippen LogP contribution in [0.2, 0.25) is 0 Å². The fourth-order valence-electron chi connectivity index (χ4n) is 1.87. The average Bonchev–Trinajstić information content (AvgIpc) is 2.76. The van der Waals surface area contributed by atoms with Crippen molar-refractivity contribution in [1.82, 2.24) is 14.8 Å². The van der Waals surface area contributed by atoms with Crippen LogP contribution in [0.3, 0.4) is 0 Å². The van der Waals surface area contributed by atoms with Crippen LogP contribution < -0.4 is 10.6 Å². The first kappa shape index (κ1) is 12.6. The molecule has 2 aromatic heterocycles. The van der Waals surface area contributed by atoms with Gasteiger partial charge >= 0.3 is 0 Å². The molecule has 0 aromatic carbocycles. The number of aromatic nitrogens is 3. The van der Waals surface area contributed by atoms with Crippen molar-refractivity contribution in [1.29, 1.82) is 0 Å². The molecule has 2 aromatic rings. The van der Waals surface area contributed by atoms with Gasteiger partial charge in [0.1, 0.15) is 5.82 Å². The Morgan fingerprint density at radius 1 is 1.28 bits per heavy atom. The Morgan fingerprint density at radius 2 is 2.11 bits per heavy atom. The number of rotatable bonds is 5. The lowest BCUT2D eigenvalue weighted by Gasteiger charge is -2.17. The zero-order chi connectivity index (χ0) is 13.0. The number of nitrogens with zero attached hydrogens (tertiary/aromatic N) is 4. The second-order valence-corrected chi connectivity index (χ2v) is 4.44. The molecule has 2 heterocycles. The lowest BCUT2D eigenvalue weighted by Crippen LogP contribution is -2.17. The molecular weight excluding hydrogens is 226 g/mol. The van der Waals surface area contributed by atoms with Gasteiger partial charge in [0.05, 0.1) is 6.20 Å². The smallest absolute Gasteiger partial charge is 0.128 e. The summed E-state index contributed by atoms with van der Waals surface area (Å²) >= 11 is 0. The molecule has 0 spiro atoms. The van der Waals surface area contributed by atoms with E-state index in [1.165, 1.54) is 11.1 Å². The van der Waals surface area contributed by atoms with Crippen molar-refractivity contribution in [2.24, 2.45) is 12.8 Å². The quantitative estimate of drug-likeness (QED) is 0.852. The molecule has 0 saturated heterocycles. The number of hydrogen-bond acceptors (Lipinski definition) is 4. The van der Waals surface area contributed by atoms with Crippen LogP contribution in [-0.2, 0) is 20.0 Å². The normalized spacial score (nSPS) is 10.6. The molecule has 0 saturated carbocycles. The maximum atomic E-state index is 5.52. The molecule has 0 amide bonds. The molecule has 96 valence electrons. The van der Waals surface area contributed by atoms with Crippen LogP contribution in [0, 0.1) is 0 Å². The van der Waals surface area contributed by atoms with E-state index in [0.717, 1.165) is 18.8 Å². The summed E-state index contributed by atoms with van der Waals surface area (Å²) in [6.45, 7) is 1.46. The van der Waals surface area contributed by atoms with Gasteiger partial charge in [-0.25, -0.2) is 4.98 Å². The van der Waals surface area contributed by atoms with Gasteiger partial charge in [-0.15, -0.1) is 0 Å². The van der Waals surface area contributed by atoms with E-state index in [2.05, 4.69) is 21.0 Å². The molecule has 2 rings (SSSR count). The maximum Gasteiger partial charge on any atom is 0.128 e. The monoisotopic (exact) mass is 245 g/mol. The summed E-state index contributed by atoms with van der Waals surface area (Å²) in [5.74, 6) is 0.958. The number of hydrogen-bond donors (Lipinski definition) is 1. The van der Waals surface area contributed by atoms with Crippen molar-refractivity contribution < 1.29 is 0 Å². The third kappa shape index (κ3) is 3.07. The Balaban J connectivity index is 2.02. The van der Waals surface area contributed by atoms with Crippen molar-refractivity contribution in [2.45, 2.75) is 13.0 Å². The van der Waals surface area contributed by atoms with Crippen molar-refractivity contribution >= 4 is 5.82 Å². The minimum atomic E-state index is 0.659. The highest BCUT2D eigenvalue weighted by atomic mass is 15.2. The number of aryl methyl sites for hydroxylation is 1. The third-order valence-corrected chi connectivity index (χ3v) is 2.81. The molecule has 5 nitrogen and oxygen atoms in total. The van der Waals surface area contributed by atoms with Crippen LogP contribution in [0.25, 0.3) is 0 Å². The largest absolute Gasteiger partial charge is 0.355 e. The summed E-state index contributed by atoms with van der Waals surface area (Å²) in [6, 6.07) is 4.11. The van der Waals surface area contributed by atoms with Gasteiger partial charge in [-0.3, -0.25) is 4.68 Å². The standard InChI is InChI=1S/C13H19N5/c1-17(9-12-8-16-18(2)10-12)13-4-3-11(5-6-14)7-15-13/h3-4,7-8,10H,5-6,9,14H2,1-2H3. The van der Waals surface area contributed by atoms with E-state index in [0.29, 0.717) is 6.54 Å². The fraction of sp³-hybridized carbons (Fsp3) is 0.385. The first-order chi connectivity index (χ1) is 8.69. The highest BCUT2D eigenvalue weighted by Crippen LogP contribution is 2.12. The zero-order valence-electron chi connectivity index (χ0n) is 10.9. The number of anilines is 1. The van der Waals surface area contributed by atoms with Crippen LogP contribution in [0.15, 0.2) is 30.7 Å². The fourth-order valence-corrected chi connectivity index (χ4v) is 1.87. The summed E-state index contributed by atoms with van der Waals surface area (Å²) in [4.78, 5) is 6.54. The zero-order valence-corrected chi connectivity index (χ0v) is 10.9. The first-order valence-corrected chi connectivity index (χ1v) is 6.02. The summed E-state index contributed by atoms with van der Waals surface area (Å²) < 4.78 is 1.81. The Hall–Kier alpha value is -1.88. The van der Waals surface area contributed by atoms with Crippen LogP contribution in [-0.4, -0.2) is 28.4 Å². The minimum Gasteiger partial charge on any atom is -0.355 e. The van der Waals surface area contributed by atoms with Gasteiger partial charge in [0.2, 0.25) is 0 Å². The SMILES string of the molecule is CN(Cc1cnn(C)c1)c1ccc(CCN)cn1. The molecule has 0 aliphatic heterocycles. The van der Waals surface area contributed by atoms with Gasteiger partial charge in [0.15, 0.2) is 0 Å². The van der Waals surface area contributed by atoms with E-state index in [9.17, 15) is 0 Å². The molecule has 0 unspecified atom stereocenters. The van der Waals surface area contributed by atoms with Crippen LogP contribution in [0.5, 0.6) is 0 Å². The molecule has 0 aliphatic carbocycles. The maximum absolute atomic E-state index is 5.52. The highest BCUT2D eigenvalue weighted by Gasteiger charge is 2.05. The summed E-state index contributed by atoms with van der Waals surface area (Å²) in [7, 11) is 3.95. The number of nitrogens with two attached hydrogens (primary N) is 1. The lowest BCUT2D eigenvalue weighted by molar-refractivity contribution is 0.766. The van der Waals surface area contributed by atoms with Crippen molar-refractivity contribution in [2.75, 3.05) is 18.5 Å². The molecule has 0 aliphatic rings. The van der Waals surface area contributed by atoms with Gasteiger partial charge in [-0.2, -0.15) is 5.10 Å². The van der Waals surface area contributed by atoms with Gasteiger partial charge in [0, 0.05) is 38.6 Å². The Kier molecular flexibility index (Phi) is 3.94. The van der Waals surface area contributed by atoms with E-state index in [1.807, 2.05) is 38.8 Å². The predicted octanol–water partition coefficient (Wildman–Crippen LogP) is 0.953. The first-order valence-electron chi connectivity index (χ1n) is 6.02. The summed E-state index contributed by atoms with van der Waals surface area (Å²) in [6.07, 6.45) is 6.65. The molecule has 0 bridgehead atoms. The van der Waals surface area contributed by atoms with Gasteiger partial charge in [-0.1, -0.05) is 6.07 Å². The molecule has 0 fully saturated rings. The minimum absolute atomic E-state index is 0.659. The molecule has 2 N–H and O–H groups in total. The molecule has 0 atom stereocenters. The van der Waals surface area contributed by atoms with E-state index in [1.54, 1.807) is 4.68 Å².